The van der Waals surface area contributed by atoms with Crippen LogP contribution in [0, 0.1) is 0 Å². The monoisotopic (exact) mass is 431 g/mol. The first kappa shape index (κ1) is 19.6. The summed E-state index contributed by atoms with van der Waals surface area (Å²) < 4.78 is 9.40. The van der Waals surface area contributed by atoms with Crippen molar-refractivity contribution in [1.82, 2.24) is 9.88 Å². The van der Waals surface area contributed by atoms with Crippen molar-refractivity contribution in [2.45, 2.75) is 30.4 Å². The zero-order valence-electron chi connectivity index (χ0n) is 15.4. The van der Waals surface area contributed by atoms with E-state index >= 15 is 0 Å². The molecule has 0 saturated carbocycles. The van der Waals surface area contributed by atoms with Crippen LogP contribution in [0.3, 0.4) is 0 Å². The Morgan fingerprint density at radius 2 is 2.00 bits per heavy atom. The fourth-order valence-corrected chi connectivity index (χ4v) is 4.72. The zero-order valence-corrected chi connectivity index (χ0v) is 17.8. The summed E-state index contributed by atoms with van der Waals surface area (Å²) in [6.45, 7) is 3.09. The number of thiazole rings is 1. The van der Waals surface area contributed by atoms with Gasteiger partial charge in [-0.2, -0.15) is 0 Å². The van der Waals surface area contributed by atoms with Crippen molar-refractivity contribution >= 4 is 40.7 Å². The second-order valence-electron chi connectivity index (χ2n) is 6.75. The molecule has 28 heavy (non-hydrogen) atoms. The van der Waals surface area contributed by atoms with Gasteiger partial charge in [0, 0.05) is 29.9 Å². The number of hydrogen-bond donors (Lipinski definition) is 1. The van der Waals surface area contributed by atoms with Crippen molar-refractivity contribution in [2.75, 3.05) is 17.8 Å². The molecule has 7 heteroatoms. The number of benzene rings is 2. The van der Waals surface area contributed by atoms with Gasteiger partial charge in [-0.05, 0) is 48.6 Å². The number of rotatable bonds is 7. The van der Waals surface area contributed by atoms with Crippen LogP contribution in [0.15, 0.2) is 64.3 Å². The van der Waals surface area contributed by atoms with Gasteiger partial charge in [0.15, 0.2) is 0 Å². The first-order valence-electron chi connectivity index (χ1n) is 9.30. The van der Waals surface area contributed by atoms with E-state index in [4.69, 9.17) is 16.3 Å². The minimum absolute atomic E-state index is 0.219. The molecule has 3 aromatic rings. The van der Waals surface area contributed by atoms with Crippen LogP contribution < -0.4 is 9.46 Å². The van der Waals surface area contributed by atoms with Crippen molar-refractivity contribution in [1.29, 1.82) is 0 Å². The van der Waals surface area contributed by atoms with Crippen LogP contribution in [0.5, 0.6) is 5.75 Å². The standard InChI is InChI=1S/C21H22ClN3OS2/c22-19-12-18(28-24-21-14-27-15-23-21)6-7-20(19)26-17-8-10-25(11-9-17)13-16-4-2-1-3-5-16/h1-7,12,14-15,17,24H,8-11,13H2. The molecule has 0 spiro atoms. The van der Waals surface area contributed by atoms with Crippen molar-refractivity contribution in [3.63, 3.8) is 0 Å². The molecular formula is C21H22ClN3OS2. The average Bonchev–Trinajstić information content (AvgIpc) is 3.24. The Bertz CT molecular complexity index is 869. The Morgan fingerprint density at radius 3 is 2.71 bits per heavy atom. The molecule has 2 aromatic carbocycles. The largest absolute Gasteiger partial charge is 0.489 e. The van der Waals surface area contributed by atoms with Gasteiger partial charge in [0.2, 0.25) is 0 Å². The number of halogens is 1. The van der Waals surface area contributed by atoms with E-state index in [1.807, 2.05) is 23.6 Å². The summed E-state index contributed by atoms with van der Waals surface area (Å²) in [5.41, 5.74) is 3.17. The highest BCUT2D eigenvalue weighted by atomic mass is 35.5. The van der Waals surface area contributed by atoms with Crippen LogP contribution in [-0.4, -0.2) is 29.1 Å². The molecule has 1 N–H and O–H groups in total. The van der Waals surface area contributed by atoms with Gasteiger partial charge in [-0.3, -0.25) is 4.90 Å². The number of hydrogen-bond acceptors (Lipinski definition) is 6. The molecular weight excluding hydrogens is 410 g/mol. The first-order valence-corrected chi connectivity index (χ1v) is 11.4. The van der Waals surface area contributed by atoms with Crippen molar-refractivity contribution < 1.29 is 4.74 Å². The number of nitrogens with zero attached hydrogens (tertiary/aromatic N) is 2. The Labute approximate surface area is 179 Å². The number of anilines is 1. The van der Waals surface area contributed by atoms with E-state index in [9.17, 15) is 0 Å². The van der Waals surface area contributed by atoms with E-state index in [0.29, 0.717) is 5.02 Å². The summed E-state index contributed by atoms with van der Waals surface area (Å²) in [5.74, 6) is 1.62. The Morgan fingerprint density at radius 1 is 1.18 bits per heavy atom. The van der Waals surface area contributed by atoms with Crippen molar-refractivity contribution in [2.24, 2.45) is 0 Å². The highest BCUT2D eigenvalue weighted by Crippen LogP contribution is 2.32. The molecule has 0 unspecified atom stereocenters. The van der Waals surface area contributed by atoms with Gasteiger partial charge in [-0.15, -0.1) is 11.3 Å². The first-order chi connectivity index (χ1) is 13.8. The van der Waals surface area contributed by atoms with Crippen LogP contribution in [0.2, 0.25) is 5.02 Å². The van der Waals surface area contributed by atoms with Crippen LogP contribution in [-0.2, 0) is 6.54 Å². The number of aromatic nitrogens is 1. The molecule has 1 saturated heterocycles. The third-order valence-corrected chi connectivity index (χ3v) is 6.37. The molecule has 4 rings (SSSR count). The molecule has 0 radical (unpaired) electrons. The number of nitrogens with one attached hydrogen (secondary N) is 1. The van der Waals surface area contributed by atoms with Gasteiger partial charge >= 0.3 is 0 Å². The van der Waals surface area contributed by atoms with Gasteiger partial charge in [-0.1, -0.05) is 41.9 Å². The normalized spacial score (nSPS) is 15.5. The summed E-state index contributed by atoms with van der Waals surface area (Å²) >= 11 is 9.51. The minimum atomic E-state index is 0.219. The Balaban J connectivity index is 1.26. The number of ether oxygens (including phenoxy) is 1. The van der Waals surface area contributed by atoms with Gasteiger partial charge < -0.3 is 9.46 Å². The lowest BCUT2D eigenvalue weighted by atomic mass is 10.1. The van der Waals surface area contributed by atoms with E-state index < -0.39 is 0 Å². The number of likely N-dealkylation sites (tertiary alicyclic amines) is 1. The van der Waals surface area contributed by atoms with E-state index in [-0.39, 0.29) is 6.10 Å². The maximum Gasteiger partial charge on any atom is 0.147 e. The summed E-state index contributed by atoms with van der Waals surface area (Å²) in [7, 11) is 0. The van der Waals surface area contributed by atoms with E-state index in [2.05, 4.69) is 44.9 Å². The topological polar surface area (TPSA) is 37.4 Å². The molecule has 4 nitrogen and oxygen atoms in total. The minimum Gasteiger partial charge on any atom is -0.489 e. The highest BCUT2D eigenvalue weighted by molar-refractivity contribution is 8.00. The maximum absolute atomic E-state index is 6.46. The molecule has 1 aliphatic rings. The van der Waals surface area contributed by atoms with Crippen LogP contribution >= 0.6 is 34.9 Å². The molecule has 2 heterocycles. The molecule has 1 fully saturated rings. The van der Waals surface area contributed by atoms with E-state index in [1.54, 1.807) is 16.8 Å². The SMILES string of the molecule is Clc1cc(SNc2cscn2)ccc1OC1CCN(Cc2ccccc2)CC1. The maximum atomic E-state index is 6.46. The fraction of sp³-hybridized carbons (Fsp3) is 0.286. The molecule has 0 amide bonds. The lowest BCUT2D eigenvalue weighted by Crippen LogP contribution is -2.37. The Kier molecular flexibility index (Phi) is 6.75. The van der Waals surface area contributed by atoms with Gasteiger partial charge in [0.05, 0.1) is 10.5 Å². The fourth-order valence-electron chi connectivity index (χ4n) is 3.22. The lowest BCUT2D eigenvalue weighted by Gasteiger charge is -2.32. The smallest absolute Gasteiger partial charge is 0.147 e. The second-order valence-corrected chi connectivity index (χ2v) is 8.75. The van der Waals surface area contributed by atoms with Gasteiger partial charge in [0.25, 0.3) is 0 Å². The predicted molar refractivity (Wildman–Crippen MR) is 118 cm³/mol. The van der Waals surface area contributed by atoms with E-state index in [1.165, 1.54) is 17.5 Å². The van der Waals surface area contributed by atoms with Crippen molar-refractivity contribution in [3.8, 4) is 5.75 Å². The van der Waals surface area contributed by atoms with Gasteiger partial charge in [-0.25, -0.2) is 4.98 Å². The van der Waals surface area contributed by atoms with Gasteiger partial charge in [0.1, 0.15) is 17.7 Å². The summed E-state index contributed by atoms with van der Waals surface area (Å²) in [6.07, 6.45) is 2.26. The summed E-state index contributed by atoms with van der Waals surface area (Å²) in [5, 5.41) is 2.62. The Hall–Kier alpha value is -1.73. The highest BCUT2D eigenvalue weighted by Gasteiger charge is 2.21. The van der Waals surface area contributed by atoms with Crippen LogP contribution in [0.25, 0.3) is 0 Å². The van der Waals surface area contributed by atoms with Crippen LogP contribution in [0.4, 0.5) is 5.82 Å². The second kappa shape index (κ2) is 9.65. The molecule has 1 aromatic heterocycles. The van der Waals surface area contributed by atoms with Crippen LogP contribution in [0.1, 0.15) is 18.4 Å². The zero-order chi connectivity index (χ0) is 19.2. The molecule has 0 atom stereocenters. The molecule has 0 aliphatic carbocycles. The van der Waals surface area contributed by atoms with Crippen molar-refractivity contribution in [3.05, 3.63) is 70.0 Å². The predicted octanol–water partition coefficient (Wildman–Crippen LogP) is 5.96. The quantitative estimate of drug-likeness (QED) is 0.467. The molecule has 146 valence electrons. The number of piperidine rings is 1. The third-order valence-electron chi connectivity index (χ3n) is 4.69. The summed E-state index contributed by atoms with van der Waals surface area (Å²) in [4.78, 5) is 7.72. The average molecular weight is 432 g/mol. The lowest BCUT2D eigenvalue weighted by molar-refractivity contribution is 0.0968. The molecule has 1 aliphatic heterocycles. The van der Waals surface area contributed by atoms with E-state index in [0.717, 1.165) is 48.9 Å². The summed E-state index contributed by atoms with van der Waals surface area (Å²) in [6, 6.07) is 16.6. The molecule has 0 bridgehead atoms. The third kappa shape index (κ3) is 5.41.